The normalized spacial score (nSPS) is 15.5. The van der Waals surface area contributed by atoms with Gasteiger partial charge in [-0.3, -0.25) is 25.0 Å². The lowest BCUT2D eigenvalue weighted by Crippen LogP contribution is -2.25. The van der Waals surface area contributed by atoms with E-state index in [1.165, 1.54) is 25.0 Å². The molecule has 0 unspecified atom stereocenters. The minimum atomic E-state index is -0.333. The van der Waals surface area contributed by atoms with Crippen LogP contribution in [0, 0.1) is 5.82 Å². The zero-order valence-electron chi connectivity index (χ0n) is 21.5. The van der Waals surface area contributed by atoms with Crippen LogP contribution in [0.25, 0.3) is 33.2 Å². The number of aromatic amines is 2. The van der Waals surface area contributed by atoms with Gasteiger partial charge in [-0.1, -0.05) is 0 Å². The van der Waals surface area contributed by atoms with Crippen LogP contribution in [0.1, 0.15) is 29.8 Å². The van der Waals surface area contributed by atoms with Crippen LogP contribution in [0.15, 0.2) is 66.3 Å². The number of aliphatic imine (C=N–C) groups is 1. The molecule has 5 aromatic rings. The molecule has 9 heteroatoms. The van der Waals surface area contributed by atoms with Crippen molar-refractivity contribution in [2.75, 3.05) is 32.8 Å². The topological polar surface area (TPSA) is 95.1 Å². The second kappa shape index (κ2) is 10.1. The van der Waals surface area contributed by atoms with Crippen molar-refractivity contribution in [1.29, 1.82) is 0 Å². The number of hydrogen-bond donors (Lipinski definition) is 2. The van der Waals surface area contributed by atoms with Crippen LogP contribution < -0.4 is 4.74 Å². The van der Waals surface area contributed by atoms with Gasteiger partial charge in [-0.25, -0.2) is 4.39 Å². The Labute approximate surface area is 225 Å². The Morgan fingerprint density at radius 3 is 2.72 bits per heavy atom. The third-order valence-corrected chi connectivity index (χ3v) is 7.53. The van der Waals surface area contributed by atoms with Crippen LogP contribution in [-0.4, -0.2) is 68.5 Å². The van der Waals surface area contributed by atoms with Gasteiger partial charge in [0.15, 0.2) is 0 Å². The third-order valence-electron chi connectivity index (χ3n) is 7.53. The summed E-state index contributed by atoms with van der Waals surface area (Å²) < 4.78 is 20.7. The lowest BCUT2D eigenvalue weighted by Gasteiger charge is -2.16. The fraction of sp³-hybridized carbons (Fsp3) is 0.267. The summed E-state index contributed by atoms with van der Waals surface area (Å²) in [5.74, 6) is 0.195. The van der Waals surface area contributed by atoms with E-state index in [-0.39, 0.29) is 5.82 Å². The van der Waals surface area contributed by atoms with Gasteiger partial charge in [0.05, 0.1) is 35.0 Å². The standard InChI is InChI=1S/C30H28FN7O/c31-22-9-19(10-23(12-22)39-8-7-38-5-1-2-6-38)26-17-32-18-29-24(26)13-28(37-29)30-25-11-20(21-15-35-36-16-21)14-34-27(25)3-4-33-30/h9-18,37H,1-8H2,(H,35,36). The number of benzene rings is 1. The van der Waals surface area contributed by atoms with Gasteiger partial charge in [0.25, 0.3) is 0 Å². The molecule has 2 N–H and O–H groups in total. The molecular weight excluding hydrogens is 493 g/mol. The number of likely N-dealkylation sites (tertiary alicyclic amines) is 1. The molecule has 2 aliphatic heterocycles. The largest absolute Gasteiger partial charge is 0.492 e. The minimum absolute atomic E-state index is 0.333. The lowest BCUT2D eigenvalue weighted by molar-refractivity contribution is 0.237. The maximum atomic E-state index is 14.7. The Kier molecular flexibility index (Phi) is 6.13. The monoisotopic (exact) mass is 521 g/mol. The summed E-state index contributed by atoms with van der Waals surface area (Å²) in [4.78, 5) is 19.9. The van der Waals surface area contributed by atoms with Crippen molar-refractivity contribution in [2.24, 2.45) is 4.99 Å². The first-order valence-corrected chi connectivity index (χ1v) is 13.4. The molecule has 1 saturated heterocycles. The smallest absolute Gasteiger partial charge is 0.127 e. The number of pyridine rings is 2. The van der Waals surface area contributed by atoms with Crippen LogP contribution >= 0.6 is 0 Å². The molecule has 0 aliphatic carbocycles. The summed E-state index contributed by atoms with van der Waals surface area (Å²) in [5.41, 5.74) is 8.13. The molecule has 196 valence electrons. The zero-order valence-corrected chi connectivity index (χ0v) is 21.5. The van der Waals surface area contributed by atoms with Crippen LogP contribution in [0.4, 0.5) is 4.39 Å². The summed E-state index contributed by atoms with van der Waals surface area (Å²) in [6, 6.07) is 9.06. The lowest BCUT2D eigenvalue weighted by atomic mass is 9.97. The molecule has 39 heavy (non-hydrogen) atoms. The van der Waals surface area contributed by atoms with E-state index in [4.69, 9.17) is 14.7 Å². The predicted octanol–water partition coefficient (Wildman–Crippen LogP) is 5.02. The summed E-state index contributed by atoms with van der Waals surface area (Å²) in [5, 5.41) is 7.88. The van der Waals surface area contributed by atoms with Gasteiger partial charge >= 0.3 is 0 Å². The molecule has 8 nitrogen and oxygen atoms in total. The molecule has 0 atom stereocenters. The van der Waals surface area contributed by atoms with Gasteiger partial charge in [0, 0.05) is 71.8 Å². The number of nitrogens with zero attached hydrogens (tertiary/aromatic N) is 5. The molecule has 7 rings (SSSR count). The number of hydrogen-bond acceptors (Lipinski definition) is 6. The number of ether oxygens (including phenoxy) is 1. The molecular formula is C30H28FN7O. The van der Waals surface area contributed by atoms with Crippen molar-refractivity contribution < 1.29 is 9.13 Å². The summed E-state index contributed by atoms with van der Waals surface area (Å²) in [6.45, 7) is 4.27. The number of H-pyrrole nitrogens is 2. The van der Waals surface area contributed by atoms with Crippen molar-refractivity contribution in [3.05, 3.63) is 84.1 Å². The Morgan fingerprint density at radius 1 is 0.923 bits per heavy atom. The van der Waals surface area contributed by atoms with E-state index in [0.717, 1.165) is 81.9 Å². The third kappa shape index (κ3) is 4.70. The zero-order chi connectivity index (χ0) is 26.2. The van der Waals surface area contributed by atoms with Crippen molar-refractivity contribution in [2.45, 2.75) is 19.3 Å². The maximum Gasteiger partial charge on any atom is 0.127 e. The van der Waals surface area contributed by atoms with Crippen molar-refractivity contribution >= 4 is 16.6 Å². The van der Waals surface area contributed by atoms with Gasteiger partial charge in [-0.2, -0.15) is 5.10 Å². The molecule has 1 aromatic carbocycles. The highest BCUT2D eigenvalue weighted by molar-refractivity contribution is 6.16. The molecule has 0 amide bonds. The second-order valence-corrected chi connectivity index (χ2v) is 10.1. The Balaban J connectivity index is 1.22. The van der Waals surface area contributed by atoms with Crippen molar-refractivity contribution in [1.82, 2.24) is 30.0 Å². The number of nitrogens with one attached hydrogen (secondary N) is 2. The maximum absolute atomic E-state index is 14.7. The first-order valence-electron chi connectivity index (χ1n) is 13.4. The first kappa shape index (κ1) is 23.7. The number of aromatic nitrogens is 5. The van der Waals surface area contributed by atoms with Gasteiger partial charge in [0.1, 0.15) is 18.2 Å². The minimum Gasteiger partial charge on any atom is -0.492 e. The highest BCUT2D eigenvalue weighted by atomic mass is 19.1. The summed E-state index contributed by atoms with van der Waals surface area (Å²) in [6.07, 6.45) is 12.4. The van der Waals surface area contributed by atoms with E-state index < -0.39 is 0 Å². The van der Waals surface area contributed by atoms with E-state index in [1.54, 1.807) is 18.6 Å². The highest BCUT2D eigenvalue weighted by Crippen LogP contribution is 2.33. The van der Waals surface area contributed by atoms with E-state index >= 15 is 0 Å². The second-order valence-electron chi connectivity index (χ2n) is 10.1. The molecule has 0 bridgehead atoms. The number of halogens is 1. The van der Waals surface area contributed by atoms with E-state index in [2.05, 4.69) is 37.2 Å². The van der Waals surface area contributed by atoms with Crippen LogP contribution in [0.2, 0.25) is 0 Å². The molecule has 2 aliphatic rings. The van der Waals surface area contributed by atoms with E-state index in [9.17, 15) is 4.39 Å². The number of fused-ring (bicyclic) bond motifs is 2. The average molecular weight is 522 g/mol. The molecule has 0 saturated carbocycles. The SMILES string of the molecule is Fc1cc(OCCN2CCCC2)cc(-c2cncc3[nH]c(C4=NCCc5ncc(-c6cn[nH]c6)cc54)cc23)c1. The van der Waals surface area contributed by atoms with Crippen LogP contribution in [0.3, 0.4) is 0 Å². The van der Waals surface area contributed by atoms with Gasteiger partial charge in [0.2, 0.25) is 0 Å². The fourth-order valence-electron chi connectivity index (χ4n) is 5.56. The fourth-order valence-corrected chi connectivity index (χ4v) is 5.56. The molecule has 0 spiro atoms. The Bertz CT molecular complexity index is 1670. The van der Waals surface area contributed by atoms with Gasteiger partial charge < -0.3 is 9.72 Å². The van der Waals surface area contributed by atoms with Gasteiger partial charge in [-0.05, 0) is 55.8 Å². The van der Waals surface area contributed by atoms with E-state index in [1.807, 2.05) is 18.5 Å². The summed E-state index contributed by atoms with van der Waals surface area (Å²) in [7, 11) is 0. The van der Waals surface area contributed by atoms with Crippen molar-refractivity contribution in [3.8, 4) is 28.0 Å². The quantitative estimate of drug-likeness (QED) is 0.314. The van der Waals surface area contributed by atoms with Gasteiger partial charge in [-0.15, -0.1) is 0 Å². The van der Waals surface area contributed by atoms with Crippen molar-refractivity contribution in [3.63, 3.8) is 0 Å². The Morgan fingerprint density at radius 2 is 1.85 bits per heavy atom. The highest BCUT2D eigenvalue weighted by Gasteiger charge is 2.21. The molecule has 1 fully saturated rings. The van der Waals surface area contributed by atoms with Crippen LogP contribution in [-0.2, 0) is 6.42 Å². The summed E-state index contributed by atoms with van der Waals surface area (Å²) >= 11 is 0. The molecule has 4 aromatic heterocycles. The molecule has 6 heterocycles. The van der Waals surface area contributed by atoms with E-state index in [0.29, 0.717) is 18.9 Å². The first-order chi connectivity index (χ1) is 19.2. The Hall–Kier alpha value is -4.37. The van der Waals surface area contributed by atoms with Crippen LogP contribution in [0.5, 0.6) is 5.75 Å². The predicted molar refractivity (Wildman–Crippen MR) is 149 cm³/mol. The molecule has 0 radical (unpaired) electrons. The number of rotatable bonds is 7. The average Bonchev–Trinajstić information content (AvgIpc) is 3.74.